The molecule has 1 N–H and O–H groups in total. The third kappa shape index (κ3) is 6.68. The van der Waals surface area contributed by atoms with E-state index in [0.29, 0.717) is 18.8 Å². The van der Waals surface area contributed by atoms with Crippen LogP contribution in [0.15, 0.2) is 77.9 Å². The van der Waals surface area contributed by atoms with Crippen molar-refractivity contribution in [1.82, 2.24) is 19.7 Å². The van der Waals surface area contributed by atoms with Gasteiger partial charge in [-0.1, -0.05) is 42.5 Å². The summed E-state index contributed by atoms with van der Waals surface area (Å²) < 4.78 is 51.9. The molecule has 0 aliphatic carbocycles. The maximum atomic E-state index is 14.4. The van der Waals surface area contributed by atoms with Gasteiger partial charge in [0.05, 0.1) is 25.3 Å². The molecule has 4 aromatic rings. The highest BCUT2D eigenvalue weighted by molar-refractivity contribution is 5.95. The molecule has 0 fully saturated rings. The molecule has 0 spiro atoms. The first-order valence-corrected chi connectivity index (χ1v) is 11.6. The molecule has 0 aliphatic rings. The van der Waals surface area contributed by atoms with Crippen molar-refractivity contribution in [1.29, 1.82) is 0 Å². The summed E-state index contributed by atoms with van der Waals surface area (Å²) in [6, 6.07) is 16.5. The predicted molar refractivity (Wildman–Crippen MR) is 132 cm³/mol. The van der Waals surface area contributed by atoms with Crippen LogP contribution < -0.4 is 15.6 Å². The van der Waals surface area contributed by atoms with Gasteiger partial charge in [0.2, 0.25) is 0 Å². The topological polar surface area (TPSA) is 87.4 Å². The van der Waals surface area contributed by atoms with Gasteiger partial charge in [-0.25, -0.2) is 4.39 Å². The number of benzene rings is 2. The number of hydrogen-bond donors (Lipinski definition) is 1. The Balaban J connectivity index is 1.44. The lowest BCUT2D eigenvalue weighted by Gasteiger charge is -2.10. The van der Waals surface area contributed by atoms with Crippen molar-refractivity contribution in [2.24, 2.45) is 0 Å². The van der Waals surface area contributed by atoms with Crippen LogP contribution in [-0.2, 0) is 31.0 Å². The molecule has 0 saturated carbocycles. The van der Waals surface area contributed by atoms with Crippen LogP contribution in [0.4, 0.5) is 13.2 Å². The van der Waals surface area contributed by atoms with Crippen molar-refractivity contribution in [2.45, 2.75) is 32.9 Å². The number of pyridine rings is 1. The minimum atomic E-state index is -3.17. The van der Waals surface area contributed by atoms with Gasteiger partial charge in [-0.05, 0) is 23.3 Å². The molecule has 0 aliphatic heterocycles. The van der Waals surface area contributed by atoms with Crippen LogP contribution in [0.5, 0.6) is 5.75 Å². The molecule has 0 atom stereocenters. The molecule has 0 radical (unpaired) electrons. The second-order valence-corrected chi connectivity index (χ2v) is 8.39. The minimum absolute atomic E-state index is 0.00459. The molecule has 38 heavy (non-hydrogen) atoms. The quantitative estimate of drug-likeness (QED) is 0.320. The van der Waals surface area contributed by atoms with E-state index in [4.69, 9.17) is 4.74 Å². The molecule has 2 aromatic carbocycles. The van der Waals surface area contributed by atoms with Crippen LogP contribution in [0.1, 0.15) is 32.7 Å². The molecule has 1 amide bonds. The molecule has 8 nitrogen and oxygen atoms in total. The number of rotatable bonds is 11. The van der Waals surface area contributed by atoms with Crippen molar-refractivity contribution in [3.63, 3.8) is 0 Å². The van der Waals surface area contributed by atoms with E-state index in [2.05, 4.69) is 15.2 Å². The van der Waals surface area contributed by atoms with Gasteiger partial charge in [0.1, 0.15) is 5.69 Å². The van der Waals surface area contributed by atoms with E-state index >= 15 is 0 Å². The summed E-state index contributed by atoms with van der Waals surface area (Å²) in [7, 11) is 1.47. The van der Waals surface area contributed by atoms with Crippen LogP contribution in [-0.4, -0.2) is 34.0 Å². The van der Waals surface area contributed by atoms with Gasteiger partial charge in [-0.3, -0.25) is 14.3 Å². The number of hydrogen-bond acceptors (Lipinski definition) is 5. The van der Waals surface area contributed by atoms with Gasteiger partial charge in [-0.2, -0.15) is 13.9 Å². The Morgan fingerprint density at radius 3 is 2.45 bits per heavy atom. The van der Waals surface area contributed by atoms with E-state index in [1.807, 2.05) is 24.3 Å². The van der Waals surface area contributed by atoms with Gasteiger partial charge in [0.15, 0.2) is 11.6 Å². The average molecular weight is 527 g/mol. The zero-order valence-corrected chi connectivity index (χ0v) is 20.4. The summed E-state index contributed by atoms with van der Waals surface area (Å²) in [5, 5.41) is 7.03. The number of nitrogens with one attached hydrogen (secondary N) is 1. The average Bonchev–Trinajstić information content (AvgIpc) is 3.29. The molecule has 2 aromatic heterocycles. The van der Waals surface area contributed by atoms with Crippen LogP contribution in [0.3, 0.4) is 0 Å². The number of alkyl halides is 2. The van der Waals surface area contributed by atoms with Gasteiger partial charge in [-0.15, -0.1) is 0 Å². The fourth-order valence-corrected chi connectivity index (χ4v) is 3.85. The number of carbonyl (C=O) groups excluding carboxylic acids is 1. The van der Waals surface area contributed by atoms with Crippen molar-refractivity contribution in [2.75, 3.05) is 7.11 Å². The lowest BCUT2D eigenvalue weighted by molar-refractivity contribution is -0.0522. The third-order valence-electron chi connectivity index (χ3n) is 5.68. The number of carbonyl (C=O) groups is 1. The van der Waals surface area contributed by atoms with Crippen molar-refractivity contribution in [3.05, 3.63) is 117 Å². The summed E-state index contributed by atoms with van der Waals surface area (Å²) in [4.78, 5) is 24.8. The summed E-state index contributed by atoms with van der Waals surface area (Å²) in [6.45, 7) is -2.51. The Kier molecular flexibility index (Phi) is 8.59. The molecular formula is C27H25F3N4O4. The molecular weight excluding hydrogens is 501 g/mol. The zero-order valence-electron chi connectivity index (χ0n) is 20.4. The Morgan fingerprint density at radius 2 is 1.76 bits per heavy atom. The molecule has 0 bridgehead atoms. The lowest BCUT2D eigenvalue weighted by atomic mass is 10.1. The minimum Gasteiger partial charge on any atom is -0.432 e. The molecule has 4 rings (SSSR count). The smallest absolute Gasteiger partial charge is 0.387 e. The highest BCUT2D eigenvalue weighted by Crippen LogP contribution is 2.22. The van der Waals surface area contributed by atoms with Crippen LogP contribution in [0.25, 0.3) is 0 Å². The Hall–Kier alpha value is -4.38. The van der Waals surface area contributed by atoms with Crippen molar-refractivity contribution >= 4 is 5.91 Å². The maximum Gasteiger partial charge on any atom is 0.387 e. The maximum absolute atomic E-state index is 14.4. The van der Waals surface area contributed by atoms with Crippen molar-refractivity contribution in [3.8, 4) is 5.75 Å². The number of ether oxygens (including phenoxy) is 2. The zero-order chi connectivity index (χ0) is 27.1. The normalized spacial score (nSPS) is 11.1. The summed E-state index contributed by atoms with van der Waals surface area (Å²) in [6.07, 6.45) is 3.29. The second kappa shape index (κ2) is 12.2. The largest absolute Gasteiger partial charge is 0.432 e. The fourth-order valence-electron chi connectivity index (χ4n) is 3.85. The van der Waals surface area contributed by atoms with Crippen LogP contribution in [0, 0.1) is 5.82 Å². The monoisotopic (exact) mass is 526 g/mol. The van der Waals surface area contributed by atoms with Gasteiger partial charge >= 0.3 is 6.61 Å². The van der Waals surface area contributed by atoms with E-state index in [1.54, 1.807) is 33.8 Å². The number of aromatic nitrogens is 3. The number of methoxy groups -OCH3 is 1. The lowest BCUT2D eigenvalue weighted by Crippen LogP contribution is -2.24. The number of halogens is 3. The van der Waals surface area contributed by atoms with E-state index in [9.17, 15) is 22.8 Å². The highest BCUT2D eigenvalue weighted by atomic mass is 19.3. The van der Waals surface area contributed by atoms with E-state index in [0.717, 1.165) is 17.2 Å². The molecule has 2 heterocycles. The van der Waals surface area contributed by atoms with Gasteiger partial charge in [0.25, 0.3) is 11.5 Å². The molecule has 11 heteroatoms. The Labute approximate surface area is 216 Å². The number of nitrogens with zero attached hydrogens (tertiary/aromatic N) is 3. The first-order valence-electron chi connectivity index (χ1n) is 11.6. The first kappa shape index (κ1) is 26.7. The summed E-state index contributed by atoms with van der Waals surface area (Å²) in [5.41, 5.74) is 2.42. The Bertz CT molecular complexity index is 1450. The van der Waals surface area contributed by atoms with Gasteiger partial charge < -0.3 is 19.4 Å². The highest BCUT2D eigenvalue weighted by Gasteiger charge is 2.18. The SMILES string of the molecule is COCc1nn(Cc2ccc(Cn3ccccc3=O)cc2)cc1C(=O)NCc1cccc(OC(F)F)c1F. The third-order valence-corrected chi connectivity index (χ3v) is 5.68. The van der Waals surface area contributed by atoms with E-state index < -0.39 is 24.1 Å². The standard InChI is InChI=1S/C27H25F3N4O4/c1-37-17-22-21(26(36)31-13-20-5-4-6-23(25(20)28)38-27(29)30)16-34(32-22)15-19-10-8-18(9-11-19)14-33-12-3-2-7-24(33)35/h2-12,16,27H,13-15,17H2,1H3,(H,31,36). The second-order valence-electron chi connectivity index (χ2n) is 8.39. The molecule has 198 valence electrons. The van der Waals surface area contributed by atoms with E-state index in [1.165, 1.54) is 25.3 Å². The summed E-state index contributed by atoms with van der Waals surface area (Å²) >= 11 is 0. The van der Waals surface area contributed by atoms with Gasteiger partial charge in [0, 0.05) is 37.7 Å². The van der Waals surface area contributed by atoms with Crippen molar-refractivity contribution < 1.29 is 27.4 Å². The predicted octanol–water partition coefficient (Wildman–Crippen LogP) is 3.96. The van der Waals surface area contributed by atoms with Crippen LogP contribution >= 0.6 is 0 Å². The van der Waals surface area contributed by atoms with E-state index in [-0.39, 0.29) is 29.8 Å². The summed E-state index contributed by atoms with van der Waals surface area (Å²) in [5.74, 6) is -2.09. The Morgan fingerprint density at radius 1 is 1.03 bits per heavy atom. The fraction of sp³-hybridized carbons (Fsp3) is 0.222. The molecule has 0 unspecified atom stereocenters. The first-order chi connectivity index (χ1) is 18.3. The number of amides is 1. The van der Waals surface area contributed by atoms with Crippen LogP contribution in [0.2, 0.25) is 0 Å². The molecule has 0 saturated heterocycles.